The average Bonchev–Trinajstić information content (AvgIpc) is 2.38. The molecule has 126 valence electrons. The van der Waals surface area contributed by atoms with Crippen molar-refractivity contribution in [3.63, 3.8) is 0 Å². The van der Waals surface area contributed by atoms with Crippen LogP contribution in [0, 0.1) is 5.92 Å². The lowest BCUT2D eigenvalue weighted by Gasteiger charge is -2.14. The number of nitrogens with zero attached hydrogens (tertiary/aromatic N) is 1. The van der Waals surface area contributed by atoms with E-state index < -0.39 is 0 Å². The van der Waals surface area contributed by atoms with E-state index in [1.807, 2.05) is 20.8 Å². The number of carbonyl (C=O) groups excluding carboxylic acids is 1. The van der Waals surface area contributed by atoms with E-state index in [1.54, 1.807) is 0 Å². The normalized spacial score (nSPS) is 11.3. The Hall–Kier alpha value is -0.530. The number of halogens is 1. The molecule has 0 aliphatic rings. The van der Waals surface area contributed by atoms with Gasteiger partial charge in [0.1, 0.15) is 0 Å². The lowest BCUT2D eigenvalue weighted by molar-refractivity contribution is -0.121. The van der Waals surface area contributed by atoms with Crippen molar-refractivity contribution in [1.82, 2.24) is 16.0 Å². The Morgan fingerprint density at radius 3 is 2.19 bits per heavy atom. The SMILES string of the molecule is CCNC(=NCC(CC)CC)NCCC(=O)NC(C)C.I. The number of rotatable bonds is 9. The van der Waals surface area contributed by atoms with Crippen LogP contribution in [0.1, 0.15) is 53.9 Å². The molecule has 0 aliphatic heterocycles. The van der Waals surface area contributed by atoms with Gasteiger partial charge < -0.3 is 16.0 Å². The lowest BCUT2D eigenvalue weighted by Crippen LogP contribution is -2.40. The molecule has 0 rings (SSSR count). The summed E-state index contributed by atoms with van der Waals surface area (Å²) in [6.07, 6.45) is 2.76. The minimum atomic E-state index is 0. The number of hydrogen-bond donors (Lipinski definition) is 3. The highest BCUT2D eigenvalue weighted by atomic mass is 127. The first-order valence-electron chi connectivity index (χ1n) is 7.84. The fraction of sp³-hybridized carbons (Fsp3) is 0.867. The minimum Gasteiger partial charge on any atom is -0.357 e. The van der Waals surface area contributed by atoms with Crippen molar-refractivity contribution in [2.45, 2.75) is 59.9 Å². The molecule has 21 heavy (non-hydrogen) atoms. The molecule has 0 radical (unpaired) electrons. The molecule has 0 heterocycles. The standard InChI is InChI=1S/C15H32N4O.HI/c1-6-13(7-2)11-18-15(16-8-3)17-10-9-14(20)19-12(4)5;/h12-13H,6-11H2,1-5H3,(H,19,20)(H2,16,17,18);1H. The Kier molecular flexibility index (Phi) is 15.6. The quantitative estimate of drug-likeness (QED) is 0.310. The van der Waals surface area contributed by atoms with Crippen molar-refractivity contribution in [2.24, 2.45) is 10.9 Å². The molecule has 0 atom stereocenters. The van der Waals surface area contributed by atoms with Crippen LogP contribution in [0.15, 0.2) is 4.99 Å². The Balaban J connectivity index is 0. The van der Waals surface area contributed by atoms with Gasteiger partial charge in [0.15, 0.2) is 5.96 Å². The lowest BCUT2D eigenvalue weighted by atomic mass is 10.0. The molecule has 0 aromatic carbocycles. The van der Waals surface area contributed by atoms with Crippen LogP contribution in [-0.4, -0.2) is 37.5 Å². The predicted octanol–water partition coefficient (Wildman–Crippen LogP) is 2.51. The molecular weight excluding hydrogens is 379 g/mol. The fourth-order valence-corrected chi connectivity index (χ4v) is 1.80. The first kappa shape index (κ1) is 22.7. The number of carbonyl (C=O) groups is 1. The molecule has 0 spiro atoms. The van der Waals surface area contributed by atoms with E-state index in [9.17, 15) is 4.79 Å². The summed E-state index contributed by atoms with van der Waals surface area (Å²) in [5, 5.41) is 9.29. The molecule has 1 amide bonds. The van der Waals surface area contributed by atoms with Crippen LogP contribution in [0.25, 0.3) is 0 Å². The predicted molar refractivity (Wildman–Crippen MR) is 101 cm³/mol. The maximum Gasteiger partial charge on any atom is 0.221 e. The van der Waals surface area contributed by atoms with Crippen molar-refractivity contribution in [2.75, 3.05) is 19.6 Å². The molecule has 0 unspecified atom stereocenters. The maximum absolute atomic E-state index is 11.5. The third-order valence-electron chi connectivity index (χ3n) is 3.10. The molecule has 0 fully saturated rings. The van der Waals surface area contributed by atoms with Gasteiger partial charge in [-0.15, -0.1) is 24.0 Å². The summed E-state index contributed by atoms with van der Waals surface area (Å²) in [4.78, 5) is 16.1. The fourth-order valence-electron chi connectivity index (χ4n) is 1.80. The van der Waals surface area contributed by atoms with Gasteiger partial charge in [0.25, 0.3) is 0 Å². The van der Waals surface area contributed by atoms with Crippen LogP contribution < -0.4 is 16.0 Å². The van der Waals surface area contributed by atoms with E-state index in [0.717, 1.165) is 31.9 Å². The van der Waals surface area contributed by atoms with Gasteiger partial charge in [0, 0.05) is 32.1 Å². The summed E-state index contributed by atoms with van der Waals surface area (Å²) >= 11 is 0. The van der Waals surface area contributed by atoms with Gasteiger partial charge in [-0.2, -0.15) is 0 Å². The van der Waals surface area contributed by atoms with Crippen molar-refractivity contribution in [1.29, 1.82) is 0 Å². The van der Waals surface area contributed by atoms with E-state index in [1.165, 1.54) is 0 Å². The number of nitrogens with one attached hydrogen (secondary N) is 3. The highest BCUT2D eigenvalue weighted by Gasteiger charge is 2.05. The second-order valence-electron chi connectivity index (χ2n) is 5.30. The number of guanidine groups is 1. The highest BCUT2D eigenvalue weighted by molar-refractivity contribution is 14.0. The van der Waals surface area contributed by atoms with Gasteiger partial charge in [0.05, 0.1) is 0 Å². The first-order chi connectivity index (χ1) is 9.53. The van der Waals surface area contributed by atoms with Crippen LogP contribution in [0.5, 0.6) is 0 Å². The molecule has 0 aromatic rings. The second kappa shape index (κ2) is 14.4. The Morgan fingerprint density at radius 2 is 1.71 bits per heavy atom. The molecule has 0 saturated carbocycles. The third kappa shape index (κ3) is 12.9. The zero-order chi connectivity index (χ0) is 15.4. The Morgan fingerprint density at radius 1 is 1.10 bits per heavy atom. The van der Waals surface area contributed by atoms with E-state index >= 15 is 0 Å². The van der Waals surface area contributed by atoms with Crippen molar-refractivity contribution >= 4 is 35.8 Å². The van der Waals surface area contributed by atoms with Gasteiger partial charge in [-0.3, -0.25) is 9.79 Å². The summed E-state index contributed by atoms with van der Waals surface area (Å²) in [6, 6.07) is 0.194. The van der Waals surface area contributed by atoms with Crippen LogP contribution in [0.2, 0.25) is 0 Å². The van der Waals surface area contributed by atoms with Gasteiger partial charge in [-0.05, 0) is 26.7 Å². The van der Waals surface area contributed by atoms with Crippen LogP contribution in [-0.2, 0) is 4.79 Å². The van der Waals surface area contributed by atoms with E-state index in [-0.39, 0.29) is 35.9 Å². The molecule has 3 N–H and O–H groups in total. The van der Waals surface area contributed by atoms with Crippen LogP contribution in [0.4, 0.5) is 0 Å². The highest BCUT2D eigenvalue weighted by Crippen LogP contribution is 2.06. The average molecular weight is 412 g/mol. The zero-order valence-corrected chi connectivity index (χ0v) is 16.5. The minimum absolute atomic E-state index is 0. The number of aliphatic imine (C=N–C) groups is 1. The maximum atomic E-state index is 11.5. The molecule has 0 aromatic heterocycles. The summed E-state index contributed by atoms with van der Waals surface area (Å²) in [5.41, 5.74) is 0. The molecule has 0 aliphatic carbocycles. The van der Waals surface area contributed by atoms with Crippen molar-refractivity contribution in [3.8, 4) is 0 Å². The van der Waals surface area contributed by atoms with Gasteiger partial charge in [-0.25, -0.2) is 0 Å². The van der Waals surface area contributed by atoms with E-state index in [4.69, 9.17) is 0 Å². The molecule has 0 bridgehead atoms. The smallest absolute Gasteiger partial charge is 0.221 e. The zero-order valence-electron chi connectivity index (χ0n) is 14.2. The largest absolute Gasteiger partial charge is 0.357 e. The second-order valence-corrected chi connectivity index (χ2v) is 5.30. The van der Waals surface area contributed by atoms with Gasteiger partial charge in [0.2, 0.25) is 5.91 Å². The number of hydrogen-bond acceptors (Lipinski definition) is 2. The summed E-state index contributed by atoms with van der Waals surface area (Å²) in [5.74, 6) is 1.51. The van der Waals surface area contributed by atoms with E-state index in [2.05, 4.69) is 34.8 Å². The van der Waals surface area contributed by atoms with Gasteiger partial charge in [-0.1, -0.05) is 26.7 Å². The first-order valence-corrected chi connectivity index (χ1v) is 7.84. The molecule has 6 heteroatoms. The molecule has 5 nitrogen and oxygen atoms in total. The summed E-state index contributed by atoms with van der Waals surface area (Å²) < 4.78 is 0. The molecule has 0 saturated heterocycles. The van der Waals surface area contributed by atoms with Crippen LogP contribution >= 0.6 is 24.0 Å². The van der Waals surface area contributed by atoms with E-state index in [0.29, 0.717) is 18.9 Å². The molecular formula is C15H33IN4O. The third-order valence-corrected chi connectivity index (χ3v) is 3.10. The van der Waals surface area contributed by atoms with Gasteiger partial charge >= 0.3 is 0 Å². The number of amides is 1. The summed E-state index contributed by atoms with van der Waals surface area (Å²) in [7, 11) is 0. The van der Waals surface area contributed by atoms with Crippen LogP contribution in [0.3, 0.4) is 0 Å². The summed E-state index contributed by atoms with van der Waals surface area (Å²) in [6.45, 7) is 12.6. The van der Waals surface area contributed by atoms with Crippen molar-refractivity contribution in [3.05, 3.63) is 0 Å². The van der Waals surface area contributed by atoms with Crippen molar-refractivity contribution < 1.29 is 4.79 Å². The monoisotopic (exact) mass is 412 g/mol. The Bertz CT molecular complexity index is 291. The Labute approximate surface area is 147 Å². The topological polar surface area (TPSA) is 65.5 Å².